The highest BCUT2D eigenvalue weighted by atomic mass is 16.5. The predicted molar refractivity (Wildman–Crippen MR) is 108 cm³/mol. The summed E-state index contributed by atoms with van der Waals surface area (Å²) >= 11 is 0. The zero-order valence-electron chi connectivity index (χ0n) is 16.0. The maximum atomic E-state index is 9.38. The molecule has 1 N–H and O–H groups in total. The van der Waals surface area contributed by atoms with Crippen LogP contribution < -0.4 is 10.2 Å². The molecule has 1 aromatic heterocycles. The number of hydrogen-bond donors (Lipinski definition) is 1. The van der Waals surface area contributed by atoms with Gasteiger partial charge in [0.15, 0.2) is 0 Å². The summed E-state index contributed by atoms with van der Waals surface area (Å²) in [5.74, 6) is 0. The van der Waals surface area contributed by atoms with Gasteiger partial charge in [0.05, 0.1) is 23.3 Å². The van der Waals surface area contributed by atoms with Crippen LogP contribution in [0.1, 0.15) is 44.6 Å². The van der Waals surface area contributed by atoms with Gasteiger partial charge in [-0.15, -0.1) is 0 Å². The first kappa shape index (κ1) is 18.2. The Morgan fingerprint density at radius 1 is 1.22 bits per heavy atom. The van der Waals surface area contributed by atoms with Crippen LogP contribution in [0.5, 0.6) is 0 Å². The lowest BCUT2D eigenvalue weighted by molar-refractivity contribution is -0.0162. The summed E-state index contributed by atoms with van der Waals surface area (Å²) in [6.45, 7) is 4.76. The number of pyridine rings is 1. The van der Waals surface area contributed by atoms with Gasteiger partial charge < -0.3 is 15.0 Å². The van der Waals surface area contributed by atoms with E-state index in [2.05, 4.69) is 40.3 Å². The first-order valence-corrected chi connectivity index (χ1v) is 10.2. The van der Waals surface area contributed by atoms with Gasteiger partial charge in [-0.05, 0) is 44.0 Å². The third kappa shape index (κ3) is 4.07. The van der Waals surface area contributed by atoms with Gasteiger partial charge in [-0.3, -0.25) is 4.98 Å². The number of fused-ring (bicyclic) bond motifs is 1. The standard InChI is InChI=1S/C22H28N4O/c1-16-14-26(15-19(27-16)13-25-18-6-3-2-4-7-18)21-10-9-17(12-23)22-20(21)8-5-11-24-22/h5,8-11,16,18-19,25H,2-4,6-7,13-15H2,1H3/t16-,19-/m1/s1. The molecule has 0 spiro atoms. The SMILES string of the molecule is C[C@@H]1CN(c2ccc(C#N)c3ncccc23)C[C@@H](CNC2CCCCC2)O1. The highest BCUT2D eigenvalue weighted by Crippen LogP contribution is 2.30. The predicted octanol–water partition coefficient (Wildman–Crippen LogP) is 3.62. The maximum Gasteiger partial charge on any atom is 0.101 e. The number of aromatic nitrogens is 1. The first-order valence-electron chi connectivity index (χ1n) is 10.2. The molecule has 1 saturated heterocycles. The fourth-order valence-electron chi connectivity index (χ4n) is 4.48. The van der Waals surface area contributed by atoms with Crippen LogP contribution in [0.3, 0.4) is 0 Å². The fraction of sp³-hybridized carbons (Fsp3) is 0.545. The second kappa shape index (κ2) is 8.24. The Morgan fingerprint density at radius 3 is 2.89 bits per heavy atom. The second-order valence-corrected chi connectivity index (χ2v) is 7.86. The molecule has 1 aliphatic heterocycles. The van der Waals surface area contributed by atoms with Gasteiger partial charge in [0.1, 0.15) is 6.07 Å². The van der Waals surface area contributed by atoms with E-state index in [9.17, 15) is 5.26 Å². The van der Waals surface area contributed by atoms with Crippen molar-refractivity contribution in [1.29, 1.82) is 5.26 Å². The van der Waals surface area contributed by atoms with Crippen LogP contribution in [-0.4, -0.2) is 42.9 Å². The van der Waals surface area contributed by atoms with Gasteiger partial charge in [0, 0.05) is 42.9 Å². The van der Waals surface area contributed by atoms with E-state index in [1.54, 1.807) is 6.20 Å². The van der Waals surface area contributed by atoms with Crippen molar-refractivity contribution in [2.75, 3.05) is 24.5 Å². The third-order valence-electron chi connectivity index (χ3n) is 5.77. The van der Waals surface area contributed by atoms with E-state index in [0.717, 1.165) is 36.2 Å². The van der Waals surface area contributed by atoms with Crippen molar-refractivity contribution in [2.45, 2.75) is 57.3 Å². The molecule has 2 aromatic rings. The minimum atomic E-state index is 0.179. The number of nitrogens with one attached hydrogen (secondary N) is 1. The van der Waals surface area contributed by atoms with Crippen molar-refractivity contribution < 1.29 is 4.74 Å². The van der Waals surface area contributed by atoms with E-state index in [1.165, 1.54) is 32.1 Å². The summed E-state index contributed by atoms with van der Waals surface area (Å²) < 4.78 is 6.21. The van der Waals surface area contributed by atoms with Crippen LogP contribution in [0.4, 0.5) is 5.69 Å². The van der Waals surface area contributed by atoms with E-state index in [1.807, 2.05) is 12.1 Å². The van der Waals surface area contributed by atoms with Crippen LogP contribution in [0.2, 0.25) is 0 Å². The van der Waals surface area contributed by atoms with Crippen LogP contribution in [0.15, 0.2) is 30.5 Å². The van der Waals surface area contributed by atoms with E-state index in [0.29, 0.717) is 11.6 Å². The number of nitriles is 1. The van der Waals surface area contributed by atoms with Crippen molar-refractivity contribution in [3.63, 3.8) is 0 Å². The number of morpholine rings is 1. The molecular weight excluding hydrogens is 336 g/mol. The first-order chi connectivity index (χ1) is 13.2. The lowest BCUT2D eigenvalue weighted by Crippen LogP contribution is -2.51. The molecule has 1 aliphatic carbocycles. The highest BCUT2D eigenvalue weighted by Gasteiger charge is 2.27. The fourth-order valence-corrected chi connectivity index (χ4v) is 4.48. The monoisotopic (exact) mass is 364 g/mol. The molecule has 0 unspecified atom stereocenters. The molecule has 2 heterocycles. The zero-order valence-corrected chi connectivity index (χ0v) is 16.0. The Morgan fingerprint density at radius 2 is 2.07 bits per heavy atom. The Hall–Kier alpha value is -2.16. The topological polar surface area (TPSA) is 61.2 Å². The zero-order chi connectivity index (χ0) is 18.6. The quantitative estimate of drug-likeness (QED) is 0.898. The summed E-state index contributed by atoms with van der Waals surface area (Å²) in [6, 6.07) is 10.9. The van der Waals surface area contributed by atoms with Crippen molar-refractivity contribution in [1.82, 2.24) is 10.3 Å². The van der Waals surface area contributed by atoms with Crippen molar-refractivity contribution in [2.24, 2.45) is 0 Å². The molecule has 4 rings (SSSR count). The number of anilines is 1. The molecule has 142 valence electrons. The number of rotatable bonds is 4. The summed E-state index contributed by atoms with van der Waals surface area (Å²) in [4.78, 5) is 6.85. The Bertz CT molecular complexity index is 825. The lowest BCUT2D eigenvalue weighted by Gasteiger charge is -2.39. The van der Waals surface area contributed by atoms with Crippen molar-refractivity contribution >= 4 is 16.6 Å². The normalized spacial score (nSPS) is 24.1. The third-order valence-corrected chi connectivity index (χ3v) is 5.77. The molecule has 2 fully saturated rings. The van der Waals surface area contributed by atoms with Gasteiger partial charge >= 0.3 is 0 Å². The van der Waals surface area contributed by atoms with E-state index < -0.39 is 0 Å². The second-order valence-electron chi connectivity index (χ2n) is 7.86. The van der Waals surface area contributed by atoms with Gasteiger partial charge in [-0.25, -0.2) is 0 Å². The average molecular weight is 364 g/mol. The molecule has 1 saturated carbocycles. The molecule has 0 radical (unpaired) electrons. The number of hydrogen-bond acceptors (Lipinski definition) is 5. The molecule has 2 atom stereocenters. The van der Waals surface area contributed by atoms with Crippen LogP contribution in [0.25, 0.3) is 10.9 Å². The summed E-state index contributed by atoms with van der Waals surface area (Å²) in [5.41, 5.74) is 2.56. The number of nitrogens with zero attached hydrogens (tertiary/aromatic N) is 3. The van der Waals surface area contributed by atoms with E-state index in [4.69, 9.17) is 4.74 Å². The van der Waals surface area contributed by atoms with Crippen molar-refractivity contribution in [3.05, 3.63) is 36.0 Å². The molecule has 1 aromatic carbocycles. The molecular formula is C22H28N4O. The minimum Gasteiger partial charge on any atom is -0.370 e. The molecule has 0 amide bonds. The smallest absolute Gasteiger partial charge is 0.101 e. The Kier molecular flexibility index (Phi) is 5.56. The number of benzene rings is 1. The molecule has 2 aliphatic rings. The Labute approximate surface area is 161 Å². The molecule has 0 bridgehead atoms. The number of ether oxygens (including phenoxy) is 1. The van der Waals surface area contributed by atoms with Crippen LogP contribution in [-0.2, 0) is 4.74 Å². The van der Waals surface area contributed by atoms with E-state index >= 15 is 0 Å². The lowest BCUT2D eigenvalue weighted by atomic mass is 9.95. The molecule has 27 heavy (non-hydrogen) atoms. The summed E-state index contributed by atoms with van der Waals surface area (Å²) in [7, 11) is 0. The minimum absolute atomic E-state index is 0.179. The summed E-state index contributed by atoms with van der Waals surface area (Å²) in [6.07, 6.45) is 8.76. The highest BCUT2D eigenvalue weighted by molar-refractivity contribution is 5.95. The molecule has 5 heteroatoms. The van der Waals surface area contributed by atoms with Gasteiger partial charge in [-0.1, -0.05) is 19.3 Å². The summed E-state index contributed by atoms with van der Waals surface area (Å²) in [5, 5.41) is 14.2. The van der Waals surface area contributed by atoms with Gasteiger partial charge in [0.25, 0.3) is 0 Å². The van der Waals surface area contributed by atoms with Gasteiger partial charge in [-0.2, -0.15) is 5.26 Å². The largest absolute Gasteiger partial charge is 0.370 e. The van der Waals surface area contributed by atoms with Crippen LogP contribution >= 0.6 is 0 Å². The van der Waals surface area contributed by atoms with Crippen LogP contribution in [0, 0.1) is 11.3 Å². The molecule has 5 nitrogen and oxygen atoms in total. The average Bonchev–Trinajstić information content (AvgIpc) is 2.72. The van der Waals surface area contributed by atoms with Crippen molar-refractivity contribution in [3.8, 4) is 6.07 Å². The Balaban J connectivity index is 1.51. The van der Waals surface area contributed by atoms with E-state index in [-0.39, 0.29) is 12.2 Å². The maximum absolute atomic E-state index is 9.38. The van der Waals surface area contributed by atoms with Gasteiger partial charge in [0.2, 0.25) is 0 Å².